The molecule has 1 amide bonds. The summed E-state index contributed by atoms with van der Waals surface area (Å²) >= 11 is 0. The van der Waals surface area contributed by atoms with Gasteiger partial charge in [0.2, 0.25) is 5.91 Å². The number of amides is 1. The first-order valence-electron chi connectivity index (χ1n) is 8.11. The van der Waals surface area contributed by atoms with Crippen molar-refractivity contribution < 1.29 is 4.79 Å². The lowest BCUT2D eigenvalue weighted by molar-refractivity contribution is -0.130. The minimum absolute atomic E-state index is 0.0339. The molecule has 1 N–H and O–H groups in total. The predicted octanol–water partition coefficient (Wildman–Crippen LogP) is 4.18. The van der Waals surface area contributed by atoms with Crippen molar-refractivity contribution in [2.75, 3.05) is 0 Å². The van der Waals surface area contributed by atoms with Gasteiger partial charge in [-0.3, -0.25) is 4.79 Å². The Balaban J connectivity index is 2.65. The van der Waals surface area contributed by atoms with Crippen LogP contribution in [0.3, 0.4) is 0 Å². The molecule has 1 rings (SSSR count). The van der Waals surface area contributed by atoms with Gasteiger partial charge in [0.25, 0.3) is 0 Å². The van der Waals surface area contributed by atoms with Gasteiger partial charge in [-0.25, -0.2) is 0 Å². The summed E-state index contributed by atoms with van der Waals surface area (Å²) in [6, 6.07) is 2.57. The molecule has 1 saturated carbocycles. The SMILES string of the molecule is CCCC(C#N)(CCC)C(=O)NC1CCC(C)(C)CC1. The van der Waals surface area contributed by atoms with E-state index in [0.29, 0.717) is 18.3 Å². The third-order valence-electron chi connectivity index (χ3n) is 4.68. The summed E-state index contributed by atoms with van der Waals surface area (Å²) in [5, 5.41) is 12.7. The maximum Gasteiger partial charge on any atom is 0.240 e. The summed E-state index contributed by atoms with van der Waals surface area (Å²) in [5.41, 5.74) is -0.406. The normalized spacial score (nSPS) is 19.4. The van der Waals surface area contributed by atoms with E-state index < -0.39 is 5.41 Å². The molecule has 114 valence electrons. The summed E-state index contributed by atoms with van der Waals surface area (Å²) < 4.78 is 0. The summed E-state index contributed by atoms with van der Waals surface area (Å²) in [6.07, 6.45) is 7.47. The van der Waals surface area contributed by atoms with E-state index in [1.54, 1.807) is 0 Å². The van der Waals surface area contributed by atoms with Crippen molar-refractivity contribution in [3.63, 3.8) is 0 Å². The number of nitrogens with zero attached hydrogens (tertiary/aromatic N) is 1. The lowest BCUT2D eigenvalue weighted by Gasteiger charge is -2.36. The van der Waals surface area contributed by atoms with Gasteiger partial charge in [-0.1, -0.05) is 40.5 Å². The predicted molar refractivity (Wildman–Crippen MR) is 82.0 cm³/mol. The van der Waals surface area contributed by atoms with Crippen molar-refractivity contribution in [3.8, 4) is 6.07 Å². The summed E-state index contributed by atoms with van der Waals surface area (Å²) in [7, 11) is 0. The van der Waals surface area contributed by atoms with Gasteiger partial charge in [-0.05, 0) is 43.9 Å². The number of rotatable bonds is 6. The second-order valence-corrected chi connectivity index (χ2v) is 7.11. The van der Waals surface area contributed by atoms with Crippen LogP contribution in [0.4, 0.5) is 0 Å². The fourth-order valence-electron chi connectivity index (χ4n) is 3.24. The molecule has 3 heteroatoms. The van der Waals surface area contributed by atoms with Crippen molar-refractivity contribution in [3.05, 3.63) is 0 Å². The molecule has 0 aromatic heterocycles. The molecule has 0 radical (unpaired) electrons. The van der Waals surface area contributed by atoms with Gasteiger partial charge in [0, 0.05) is 6.04 Å². The van der Waals surface area contributed by atoms with E-state index in [1.807, 2.05) is 13.8 Å². The Bertz CT molecular complexity index is 352. The monoisotopic (exact) mass is 278 g/mol. The minimum Gasteiger partial charge on any atom is -0.352 e. The minimum atomic E-state index is -0.809. The molecular weight excluding hydrogens is 248 g/mol. The molecule has 1 aliphatic carbocycles. The average Bonchev–Trinajstić information content (AvgIpc) is 2.40. The first-order chi connectivity index (χ1) is 9.39. The standard InChI is InChI=1S/C17H30N2O/c1-5-9-17(13-18,10-6-2)15(20)19-14-7-11-16(3,4)12-8-14/h14H,5-12H2,1-4H3,(H,19,20). The van der Waals surface area contributed by atoms with Crippen molar-refractivity contribution in [1.29, 1.82) is 5.26 Å². The molecule has 0 aromatic carbocycles. The van der Waals surface area contributed by atoms with Crippen LogP contribution >= 0.6 is 0 Å². The molecule has 0 aromatic rings. The topological polar surface area (TPSA) is 52.9 Å². The van der Waals surface area contributed by atoms with Gasteiger partial charge in [-0.2, -0.15) is 5.26 Å². The molecule has 20 heavy (non-hydrogen) atoms. The van der Waals surface area contributed by atoms with Gasteiger partial charge in [-0.15, -0.1) is 0 Å². The van der Waals surface area contributed by atoms with Gasteiger partial charge in [0.1, 0.15) is 5.41 Å². The Labute approximate surface area is 124 Å². The Morgan fingerprint density at radius 2 is 1.75 bits per heavy atom. The van der Waals surface area contributed by atoms with Crippen molar-refractivity contribution >= 4 is 5.91 Å². The highest BCUT2D eigenvalue weighted by atomic mass is 16.2. The molecule has 1 aliphatic rings. The lowest BCUT2D eigenvalue weighted by atomic mass is 9.75. The highest BCUT2D eigenvalue weighted by Crippen LogP contribution is 2.36. The third kappa shape index (κ3) is 4.23. The van der Waals surface area contributed by atoms with E-state index in [1.165, 1.54) is 0 Å². The molecule has 0 unspecified atom stereocenters. The van der Waals surface area contributed by atoms with E-state index >= 15 is 0 Å². The van der Waals surface area contributed by atoms with Crippen LogP contribution in [0.5, 0.6) is 0 Å². The summed E-state index contributed by atoms with van der Waals surface area (Å²) in [4.78, 5) is 12.6. The number of carbonyl (C=O) groups is 1. The first-order valence-corrected chi connectivity index (χ1v) is 8.11. The van der Waals surface area contributed by atoms with Crippen LogP contribution in [0.1, 0.15) is 79.1 Å². The van der Waals surface area contributed by atoms with Gasteiger partial charge < -0.3 is 5.32 Å². The average molecular weight is 278 g/mol. The molecule has 0 heterocycles. The van der Waals surface area contributed by atoms with Crippen LogP contribution in [0.2, 0.25) is 0 Å². The molecule has 1 fully saturated rings. The lowest BCUT2D eigenvalue weighted by Crippen LogP contribution is -2.46. The second-order valence-electron chi connectivity index (χ2n) is 7.11. The summed E-state index contributed by atoms with van der Waals surface area (Å²) in [5.74, 6) is -0.0339. The fourth-order valence-corrected chi connectivity index (χ4v) is 3.24. The maximum atomic E-state index is 12.6. The Kier molecular flexibility index (Phi) is 6.05. The van der Waals surface area contributed by atoms with Crippen molar-refractivity contribution in [1.82, 2.24) is 5.32 Å². The van der Waals surface area contributed by atoms with Gasteiger partial charge >= 0.3 is 0 Å². The van der Waals surface area contributed by atoms with Crippen molar-refractivity contribution in [2.45, 2.75) is 85.1 Å². The van der Waals surface area contributed by atoms with Crippen LogP contribution in [0, 0.1) is 22.2 Å². The van der Waals surface area contributed by atoms with E-state index in [0.717, 1.165) is 38.5 Å². The smallest absolute Gasteiger partial charge is 0.240 e. The van der Waals surface area contributed by atoms with E-state index in [9.17, 15) is 10.1 Å². The third-order valence-corrected chi connectivity index (χ3v) is 4.68. The molecule has 0 saturated heterocycles. The summed E-state index contributed by atoms with van der Waals surface area (Å²) in [6.45, 7) is 8.66. The largest absolute Gasteiger partial charge is 0.352 e. The maximum absolute atomic E-state index is 12.6. The zero-order valence-electron chi connectivity index (χ0n) is 13.6. The molecular formula is C17H30N2O. The first kappa shape index (κ1) is 17.0. The Morgan fingerprint density at radius 3 is 2.15 bits per heavy atom. The molecule has 0 aliphatic heterocycles. The van der Waals surface area contributed by atoms with E-state index in [4.69, 9.17) is 0 Å². The van der Waals surface area contributed by atoms with Crippen molar-refractivity contribution in [2.24, 2.45) is 10.8 Å². The number of hydrogen-bond acceptors (Lipinski definition) is 2. The zero-order chi connectivity index (χ0) is 15.2. The van der Waals surface area contributed by atoms with Crippen LogP contribution < -0.4 is 5.32 Å². The highest BCUT2D eigenvalue weighted by Gasteiger charge is 2.38. The number of nitriles is 1. The van der Waals surface area contributed by atoms with E-state index in [-0.39, 0.29) is 11.9 Å². The van der Waals surface area contributed by atoms with Gasteiger partial charge in [0.15, 0.2) is 0 Å². The number of nitrogens with one attached hydrogen (secondary N) is 1. The molecule has 0 spiro atoms. The highest BCUT2D eigenvalue weighted by molar-refractivity contribution is 5.85. The molecule has 0 atom stereocenters. The fraction of sp³-hybridized carbons (Fsp3) is 0.882. The number of hydrogen-bond donors (Lipinski definition) is 1. The van der Waals surface area contributed by atoms with Crippen LogP contribution in [-0.2, 0) is 4.79 Å². The Morgan fingerprint density at radius 1 is 1.25 bits per heavy atom. The van der Waals surface area contributed by atoms with Crippen LogP contribution in [-0.4, -0.2) is 11.9 Å². The van der Waals surface area contributed by atoms with Crippen LogP contribution in [0.25, 0.3) is 0 Å². The molecule has 3 nitrogen and oxygen atoms in total. The molecule has 0 bridgehead atoms. The van der Waals surface area contributed by atoms with E-state index in [2.05, 4.69) is 25.2 Å². The second kappa shape index (κ2) is 7.11. The number of carbonyl (C=O) groups excluding carboxylic acids is 1. The zero-order valence-corrected chi connectivity index (χ0v) is 13.6. The quantitative estimate of drug-likeness (QED) is 0.792. The Hall–Kier alpha value is -1.04. The van der Waals surface area contributed by atoms with Crippen LogP contribution in [0.15, 0.2) is 0 Å². The van der Waals surface area contributed by atoms with Gasteiger partial charge in [0.05, 0.1) is 6.07 Å².